The van der Waals surface area contributed by atoms with Crippen LogP contribution in [0.3, 0.4) is 0 Å². The minimum atomic E-state index is -3.53. The molecule has 1 fully saturated rings. The molecular formula is C19H19NO5S. The van der Waals surface area contributed by atoms with Crippen molar-refractivity contribution >= 4 is 27.2 Å². The lowest BCUT2D eigenvalue weighted by molar-refractivity contribution is 0.0967. The molecule has 1 saturated carbocycles. The van der Waals surface area contributed by atoms with Gasteiger partial charge < -0.3 is 10.1 Å². The first kappa shape index (κ1) is 18.1. The third-order valence-corrected chi connectivity index (χ3v) is 5.32. The third kappa shape index (κ3) is 3.94. The number of benzene rings is 2. The van der Waals surface area contributed by atoms with Crippen LogP contribution in [-0.2, 0) is 9.84 Å². The molecule has 136 valence electrons. The van der Waals surface area contributed by atoms with Crippen molar-refractivity contribution < 1.29 is 22.7 Å². The molecule has 0 spiro atoms. The minimum Gasteiger partial charge on any atom is -0.495 e. The maximum Gasteiger partial charge on any atom is 0.255 e. The predicted octanol–water partition coefficient (Wildman–Crippen LogP) is 2.94. The van der Waals surface area contributed by atoms with E-state index < -0.39 is 15.7 Å². The third-order valence-electron chi connectivity index (χ3n) is 4.20. The van der Waals surface area contributed by atoms with Crippen LogP contribution in [0.1, 0.15) is 33.6 Å². The normalized spacial score (nSPS) is 13.9. The number of ketones is 1. The Morgan fingerprint density at radius 1 is 1.04 bits per heavy atom. The molecule has 0 aliphatic heterocycles. The fourth-order valence-electron chi connectivity index (χ4n) is 2.61. The smallest absolute Gasteiger partial charge is 0.255 e. The molecule has 0 radical (unpaired) electrons. The first-order valence-corrected chi connectivity index (χ1v) is 10.0. The Morgan fingerprint density at radius 3 is 2.19 bits per heavy atom. The molecule has 0 bridgehead atoms. The summed E-state index contributed by atoms with van der Waals surface area (Å²) in [5, 5.41) is 2.70. The van der Waals surface area contributed by atoms with Gasteiger partial charge in [-0.2, -0.15) is 0 Å². The van der Waals surface area contributed by atoms with E-state index in [-0.39, 0.29) is 27.9 Å². The van der Waals surface area contributed by atoms with E-state index in [1.165, 1.54) is 25.3 Å². The van der Waals surface area contributed by atoms with Crippen molar-refractivity contribution in [3.8, 4) is 5.75 Å². The Hall–Kier alpha value is -2.67. The zero-order valence-electron chi connectivity index (χ0n) is 14.5. The van der Waals surface area contributed by atoms with Gasteiger partial charge in [-0.3, -0.25) is 9.59 Å². The minimum absolute atomic E-state index is 0.0435. The summed E-state index contributed by atoms with van der Waals surface area (Å²) in [5.41, 5.74) is 1.36. The van der Waals surface area contributed by atoms with Gasteiger partial charge in [0.25, 0.3) is 5.91 Å². The van der Waals surface area contributed by atoms with Crippen LogP contribution >= 0.6 is 0 Å². The van der Waals surface area contributed by atoms with E-state index in [2.05, 4.69) is 5.32 Å². The second kappa shape index (κ2) is 6.92. The average Bonchev–Trinajstić information content (AvgIpc) is 3.45. The molecule has 1 aliphatic carbocycles. The molecule has 0 saturated heterocycles. The summed E-state index contributed by atoms with van der Waals surface area (Å²) in [6, 6.07) is 10.9. The average molecular weight is 373 g/mol. The van der Waals surface area contributed by atoms with Crippen LogP contribution in [0.15, 0.2) is 47.4 Å². The van der Waals surface area contributed by atoms with Crippen molar-refractivity contribution in [1.82, 2.24) is 0 Å². The molecule has 6 nitrogen and oxygen atoms in total. The van der Waals surface area contributed by atoms with Crippen molar-refractivity contribution in [2.45, 2.75) is 17.7 Å². The van der Waals surface area contributed by atoms with Crippen molar-refractivity contribution in [1.29, 1.82) is 0 Å². The molecule has 3 rings (SSSR count). The van der Waals surface area contributed by atoms with Crippen LogP contribution in [0.5, 0.6) is 5.75 Å². The van der Waals surface area contributed by atoms with Gasteiger partial charge in [0.05, 0.1) is 7.11 Å². The Kier molecular flexibility index (Phi) is 4.82. The number of nitrogens with one attached hydrogen (secondary N) is 1. The predicted molar refractivity (Wildman–Crippen MR) is 97.6 cm³/mol. The van der Waals surface area contributed by atoms with Gasteiger partial charge >= 0.3 is 0 Å². The number of amides is 1. The molecule has 26 heavy (non-hydrogen) atoms. The van der Waals surface area contributed by atoms with Crippen LogP contribution in [-0.4, -0.2) is 33.5 Å². The largest absolute Gasteiger partial charge is 0.495 e. The van der Waals surface area contributed by atoms with E-state index in [0.29, 0.717) is 11.3 Å². The van der Waals surface area contributed by atoms with Crippen molar-refractivity contribution in [3.05, 3.63) is 53.6 Å². The van der Waals surface area contributed by atoms with Crippen molar-refractivity contribution in [2.24, 2.45) is 5.92 Å². The quantitative estimate of drug-likeness (QED) is 0.787. The van der Waals surface area contributed by atoms with Crippen LogP contribution in [0, 0.1) is 5.92 Å². The Morgan fingerprint density at radius 2 is 1.65 bits per heavy atom. The number of hydrogen-bond acceptors (Lipinski definition) is 5. The lowest BCUT2D eigenvalue weighted by Gasteiger charge is -2.10. The molecule has 0 heterocycles. The highest BCUT2D eigenvalue weighted by Crippen LogP contribution is 2.32. The maximum absolute atomic E-state index is 12.4. The molecule has 1 amide bonds. The molecule has 2 aromatic carbocycles. The molecule has 1 N–H and O–H groups in total. The number of anilines is 1. The van der Waals surface area contributed by atoms with Gasteiger partial charge in [0, 0.05) is 29.0 Å². The van der Waals surface area contributed by atoms with Gasteiger partial charge in [0.15, 0.2) is 15.6 Å². The van der Waals surface area contributed by atoms with E-state index in [0.717, 1.165) is 19.1 Å². The second-order valence-electron chi connectivity index (χ2n) is 6.31. The van der Waals surface area contributed by atoms with E-state index in [1.807, 2.05) is 0 Å². The molecular weight excluding hydrogens is 354 g/mol. The summed E-state index contributed by atoms with van der Waals surface area (Å²) in [6.45, 7) is 0. The summed E-state index contributed by atoms with van der Waals surface area (Å²) >= 11 is 0. The number of carbonyl (C=O) groups is 2. The van der Waals surface area contributed by atoms with Crippen LogP contribution in [0.4, 0.5) is 5.69 Å². The topological polar surface area (TPSA) is 89.5 Å². The van der Waals surface area contributed by atoms with Crippen molar-refractivity contribution in [2.75, 3.05) is 18.7 Å². The van der Waals surface area contributed by atoms with Gasteiger partial charge in [-0.1, -0.05) is 0 Å². The summed E-state index contributed by atoms with van der Waals surface area (Å²) in [7, 11) is -2.17. The van der Waals surface area contributed by atoms with E-state index in [4.69, 9.17) is 4.74 Å². The lowest BCUT2D eigenvalue weighted by Crippen LogP contribution is -2.13. The Balaban J connectivity index is 1.78. The van der Waals surface area contributed by atoms with E-state index in [1.54, 1.807) is 24.3 Å². The highest BCUT2D eigenvalue weighted by molar-refractivity contribution is 7.90. The number of sulfone groups is 1. The van der Waals surface area contributed by atoms with E-state index in [9.17, 15) is 18.0 Å². The zero-order chi connectivity index (χ0) is 18.9. The monoisotopic (exact) mass is 373 g/mol. The first-order chi connectivity index (χ1) is 12.3. The van der Waals surface area contributed by atoms with Gasteiger partial charge in [-0.15, -0.1) is 0 Å². The van der Waals surface area contributed by atoms with Gasteiger partial charge in [-0.05, 0) is 55.3 Å². The van der Waals surface area contributed by atoms with Crippen LogP contribution in [0.2, 0.25) is 0 Å². The zero-order valence-corrected chi connectivity index (χ0v) is 15.3. The summed E-state index contributed by atoms with van der Waals surface area (Å²) in [4.78, 5) is 24.4. The fourth-order valence-corrected chi connectivity index (χ4v) is 3.47. The SMILES string of the molecule is COc1ccc(C(=O)Nc2ccc(C(=O)C3CC3)cc2)cc1S(C)(=O)=O. The van der Waals surface area contributed by atoms with Crippen molar-refractivity contribution in [3.63, 3.8) is 0 Å². The van der Waals surface area contributed by atoms with Gasteiger partial charge in [0.1, 0.15) is 10.6 Å². The van der Waals surface area contributed by atoms with Gasteiger partial charge in [0.2, 0.25) is 0 Å². The molecule has 1 aliphatic rings. The fraction of sp³-hybridized carbons (Fsp3) is 0.263. The Bertz CT molecular complexity index is 960. The number of hydrogen-bond donors (Lipinski definition) is 1. The molecule has 7 heteroatoms. The molecule has 2 aromatic rings. The molecule has 0 aromatic heterocycles. The summed E-state index contributed by atoms with van der Waals surface area (Å²) < 4.78 is 28.8. The van der Waals surface area contributed by atoms with E-state index >= 15 is 0 Å². The first-order valence-electron chi connectivity index (χ1n) is 8.13. The maximum atomic E-state index is 12.4. The second-order valence-corrected chi connectivity index (χ2v) is 8.29. The highest BCUT2D eigenvalue weighted by atomic mass is 32.2. The standard InChI is InChI=1S/C19H19NO5S/c1-25-16-10-7-14(11-17(16)26(2,23)24)19(22)20-15-8-5-13(6-9-15)18(21)12-3-4-12/h5-12H,3-4H2,1-2H3,(H,20,22). The lowest BCUT2D eigenvalue weighted by atomic mass is 10.1. The molecule has 0 unspecified atom stereocenters. The number of methoxy groups -OCH3 is 1. The highest BCUT2D eigenvalue weighted by Gasteiger charge is 2.30. The Labute approximate surface area is 152 Å². The summed E-state index contributed by atoms with van der Waals surface area (Å²) in [6.07, 6.45) is 2.94. The number of Topliss-reactive ketones (excluding diaryl/α,β-unsaturated/α-hetero) is 1. The number of rotatable bonds is 6. The number of ether oxygens (including phenoxy) is 1. The molecule has 0 atom stereocenters. The van der Waals surface area contributed by atoms with Crippen LogP contribution < -0.4 is 10.1 Å². The number of carbonyl (C=O) groups excluding carboxylic acids is 2. The van der Waals surface area contributed by atoms with Crippen LogP contribution in [0.25, 0.3) is 0 Å². The summed E-state index contributed by atoms with van der Waals surface area (Å²) in [5.74, 6) is 0.0193. The van der Waals surface area contributed by atoms with Gasteiger partial charge in [-0.25, -0.2) is 8.42 Å².